The molecule has 2 unspecified atom stereocenters. The molecule has 2 aromatic heterocycles. The number of nitrogens with zero attached hydrogens (tertiary/aromatic N) is 3. The molecule has 4 aromatic rings. The standard InChI is InChI=1S/C30H29F3N4O3S/c1-15-9-17(28(38)39-2)10-24-25(15)35-29(41-24)37-19-11-18(12-20(37)13-19)34-14-22-26(36-40-27(22)16-7-8-16)21-5-3-4-6-23(21)30(31,32)33/h3-6,9-10,16,18-20,34H,7-8,11-14H2,1-2H3. The Balaban J connectivity index is 1.08. The topological polar surface area (TPSA) is 80.5 Å². The molecule has 0 amide bonds. The molecule has 2 saturated carbocycles. The molecule has 7 nitrogen and oxygen atoms in total. The van der Waals surface area contributed by atoms with Crippen LogP contribution in [-0.2, 0) is 17.5 Å². The Morgan fingerprint density at radius 3 is 2.63 bits per heavy atom. The maximum Gasteiger partial charge on any atom is 0.417 e. The van der Waals surface area contributed by atoms with Crippen molar-refractivity contribution in [2.75, 3.05) is 12.0 Å². The summed E-state index contributed by atoms with van der Waals surface area (Å²) in [6.45, 7) is 2.37. The predicted octanol–water partition coefficient (Wildman–Crippen LogP) is 6.84. The predicted molar refractivity (Wildman–Crippen MR) is 149 cm³/mol. The van der Waals surface area contributed by atoms with Crippen molar-refractivity contribution < 1.29 is 27.2 Å². The third kappa shape index (κ3) is 4.68. The number of rotatable bonds is 7. The average Bonchev–Trinajstić information content (AvgIpc) is 3.57. The number of fused-ring (bicyclic) bond motifs is 3. The van der Waals surface area contributed by atoms with Gasteiger partial charge in [-0.25, -0.2) is 9.78 Å². The Hall–Kier alpha value is -3.44. The van der Waals surface area contributed by atoms with Crippen LogP contribution < -0.4 is 10.2 Å². The van der Waals surface area contributed by atoms with Gasteiger partial charge in [0, 0.05) is 41.7 Å². The van der Waals surface area contributed by atoms with E-state index in [0.717, 1.165) is 64.6 Å². The van der Waals surface area contributed by atoms with Crippen molar-refractivity contribution in [1.82, 2.24) is 15.5 Å². The number of hydrogen-bond donors (Lipinski definition) is 1. The number of alkyl halides is 3. The van der Waals surface area contributed by atoms with E-state index in [4.69, 9.17) is 14.2 Å². The highest BCUT2D eigenvalue weighted by molar-refractivity contribution is 7.22. The lowest BCUT2D eigenvalue weighted by Gasteiger charge is -2.55. The number of carbonyl (C=O) groups excluding carboxylic acids is 1. The van der Waals surface area contributed by atoms with E-state index in [0.29, 0.717) is 30.0 Å². The number of nitrogens with one attached hydrogen (secondary N) is 1. The molecule has 2 aliphatic heterocycles. The van der Waals surface area contributed by atoms with E-state index < -0.39 is 11.7 Å². The molecule has 8 rings (SSSR count). The summed E-state index contributed by atoms with van der Waals surface area (Å²) < 4.78 is 52.9. The summed E-state index contributed by atoms with van der Waals surface area (Å²) >= 11 is 1.60. The zero-order valence-corrected chi connectivity index (χ0v) is 23.4. The molecule has 2 aromatic carbocycles. The summed E-state index contributed by atoms with van der Waals surface area (Å²) in [5.41, 5.74) is 2.76. The van der Waals surface area contributed by atoms with Gasteiger partial charge in [-0.05, 0) is 62.8 Å². The minimum absolute atomic E-state index is 0.0617. The molecule has 0 spiro atoms. The van der Waals surface area contributed by atoms with E-state index >= 15 is 0 Å². The van der Waals surface area contributed by atoms with Crippen molar-refractivity contribution in [3.63, 3.8) is 0 Å². The SMILES string of the molecule is COC(=O)c1cc(C)c2nc(N3C4CC(NCc5c(-c6ccccc6C(F)(F)F)noc5C5CC5)CC3C4)sc2c1. The number of anilines is 1. The van der Waals surface area contributed by atoms with E-state index in [1.807, 2.05) is 19.1 Å². The Morgan fingerprint density at radius 1 is 1.17 bits per heavy atom. The normalized spacial score (nSPS) is 22.2. The van der Waals surface area contributed by atoms with E-state index in [-0.39, 0.29) is 29.2 Å². The lowest BCUT2D eigenvalue weighted by molar-refractivity contribution is -0.137. The number of carbonyl (C=O) groups is 1. The third-order valence-corrected chi connectivity index (χ3v) is 9.60. The highest BCUT2D eigenvalue weighted by atomic mass is 32.1. The van der Waals surface area contributed by atoms with Crippen LogP contribution in [0.15, 0.2) is 40.9 Å². The molecular weight excluding hydrogens is 553 g/mol. The summed E-state index contributed by atoms with van der Waals surface area (Å²) in [4.78, 5) is 19.4. The summed E-state index contributed by atoms with van der Waals surface area (Å²) in [5.74, 6) is 0.578. The second-order valence-electron chi connectivity index (χ2n) is 11.3. The number of thiazole rings is 1. The summed E-state index contributed by atoms with van der Waals surface area (Å²) in [6, 6.07) is 10.1. The van der Waals surface area contributed by atoms with Crippen LogP contribution in [0, 0.1) is 6.92 Å². The van der Waals surface area contributed by atoms with Gasteiger partial charge < -0.3 is 19.5 Å². The molecule has 2 bridgehead atoms. The Kier molecular flexibility index (Phi) is 6.35. The van der Waals surface area contributed by atoms with Crippen molar-refractivity contribution in [3.8, 4) is 11.3 Å². The number of piperidine rings is 1. The van der Waals surface area contributed by atoms with Gasteiger partial charge >= 0.3 is 12.1 Å². The van der Waals surface area contributed by atoms with Crippen LogP contribution >= 0.6 is 11.3 Å². The van der Waals surface area contributed by atoms with Crippen LogP contribution in [0.5, 0.6) is 0 Å². The molecule has 2 saturated heterocycles. The van der Waals surface area contributed by atoms with Gasteiger partial charge in [0.25, 0.3) is 0 Å². The molecule has 214 valence electrons. The minimum atomic E-state index is -4.48. The van der Waals surface area contributed by atoms with Crippen LogP contribution in [0.4, 0.5) is 18.3 Å². The first kappa shape index (κ1) is 26.5. The lowest BCUT2D eigenvalue weighted by atomic mass is 9.77. The van der Waals surface area contributed by atoms with E-state index in [1.165, 1.54) is 19.2 Å². The number of esters is 1. The average molecular weight is 583 g/mol. The van der Waals surface area contributed by atoms with Gasteiger partial charge in [-0.3, -0.25) is 0 Å². The number of hydrogen-bond acceptors (Lipinski definition) is 8. The first-order valence-corrected chi connectivity index (χ1v) is 14.7. The Morgan fingerprint density at radius 2 is 1.93 bits per heavy atom. The molecule has 2 aliphatic carbocycles. The molecule has 2 atom stereocenters. The van der Waals surface area contributed by atoms with E-state index in [1.54, 1.807) is 17.4 Å². The molecule has 41 heavy (non-hydrogen) atoms. The fourth-order valence-electron chi connectivity index (χ4n) is 6.44. The Bertz CT molecular complexity index is 1630. The van der Waals surface area contributed by atoms with Crippen LogP contribution in [0.3, 0.4) is 0 Å². The molecule has 11 heteroatoms. The van der Waals surface area contributed by atoms with Crippen molar-refractivity contribution in [3.05, 3.63) is 64.4 Å². The molecule has 4 aliphatic rings. The smallest absolute Gasteiger partial charge is 0.417 e. The van der Waals surface area contributed by atoms with Crippen molar-refractivity contribution in [2.45, 2.75) is 75.8 Å². The van der Waals surface area contributed by atoms with Crippen LogP contribution in [-0.4, -0.2) is 41.3 Å². The monoisotopic (exact) mass is 582 g/mol. The number of ether oxygens (including phenoxy) is 1. The first-order valence-electron chi connectivity index (χ1n) is 13.9. The third-order valence-electron chi connectivity index (χ3n) is 8.58. The van der Waals surface area contributed by atoms with Gasteiger partial charge in [0.15, 0.2) is 5.13 Å². The van der Waals surface area contributed by atoms with Crippen LogP contribution in [0.1, 0.15) is 70.8 Å². The quantitative estimate of drug-likeness (QED) is 0.239. The molecule has 4 fully saturated rings. The number of methoxy groups -OCH3 is 1. The molecule has 4 heterocycles. The maximum atomic E-state index is 13.8. The highest BCUT2D eigenvalue weighted by Gasteiger charge is 2.47. The van der Waals surface area contributed by atoms with Gasteiger partial charge in [-0.15, -0.1) is 0 Å². The number of halogens is 3. The second kappa shape index (κ2) is 9.84. The van der Waals surface area contributed by atoms with Gasteiger partial charge in [0.1, 0.15) is 11.5 Å². The van der Waals surface area contributed by atoms with Crippen molar-refractivity contribution in [2.24, 2.45) is 0 Å². The van der Waals surface area contributed by atoms with Crippen LogP contribution in [0.2, 0.25) is 0 Å². The highest BCUT2D eigenvalue weighted by Crippen LogP contribution is 2.47. The lowest BCUT2D eigenvalue weighted by Crippen LogP contribution is -2.64. The summed E-state index contributed by atoms with van der Waals surface area (Å²) in [7, 11) is 1.38. The number of aryl methyl sites for hydroxylation is 1. The van der Waals surface area contributed by atoms with Crippen LogP contribution in [0.25, 0.3) is 21.5 Å². The maximum absolute atomic E-state index is 13.8. The first-order chi connectivity index (χ1) is 19.7. The Labute approximate surface area is 238 Å². The fourth-order valence-corrected chi connectivity index (χ4v) is 7.66. The fraction of sp³-hybridized carbons (Fsp3) is 0.433. The molecule has 1 N–H and O–H groups in total. The van der Waals surface area contributed by atoms with Gasteiger partial charge in [-0.2, -0.15) is 13.2 Å². The molecular formula is C30H29F3N4O3S. The number of aromatic nitrogens is 2. The number of benzene rings is 2. The van der Waals surface area contributed by atoms with Gasteiger partial charge in [-0.1, -0.05) is 34.7 Å². The second-order valence-corrected chi connectivity index (χ2v) is 12.3. The van der Waals surface area contributed by atoms with E-state index in [9.17, 15) is 18.0 Å². The van der Waals surface area contributed by atoms with E-state index in [2.05, 4.69) is 15.4 Å². The van der Waals surface area contributed by atoms with Crippen molar-refractivity contribution in [1.29, 1.82) is 0 Å². The zero-order chi connectivity index (χ0) is 28.5. The summed E-state index contributed by atoms with van der Waals surface area (Å²) in [5, 5.41) is 8.75. The van der Waals surface area contributed by atoms with Crippen molar-refractivity contribution >= 4 is 32.7 Å². The van der Waals surface area contributed by atoms with Gasteiger partial charge in [0.2, 0.25) is 0 Å². The minimum Gasteiger partial charge on any atom is -0.465 e. The molecule has 0 radical (unpaired) electrons. The van der Waals surface area contributed by atoms with Gasteiger partial charge in [0.05, 0.1) is 28.5 Å². The summed E-state index contributed by atoms with van der Waals surface area (Å²) in [6.07, 6.45) is 0.371. The zero-order valence-electron chi connectivity index (χ0n) is 22.6. The largest absolute Gasteiger partial charge is 0.465 e.